The molecule has 0 saturated carbocycles. The van der Waals surface area contributed by atoms with E-state index in [0.717, 1.165) is 22.9 Å². The SMILES string of the molecule is Cc1nn(C(C)C)c(Nc2ccc(OC(C)C)cc2)c1N. The predicted molar refractivity (Wildman–Crippen MR) is 87.3 cm³/mol. The summed E-state index contributed by atoms with van der Waals surface area (Å²) in [4.78, 5) is 0. The van der Waals surface area contributed by atoms with Crippen LogP contribution in [0.15, 0.2) is 24.3 Å². The molecular formula is C16H24N4O. The van der Waals surface area contributed by atoms with E-state index in [1.54, 1.807) is 0 Å². The molecule has 0 saturated heterocycles. The fourth-order valence-corrected chi connectivity index (χ4v) is 2.08. The number of hydrogen-bond acceptors (Lipinski definition) is 4. The molecule has 2 rings (SSSR count). The van der Waals surface area contributed by atoms with Crippen molar-refractivity contribution in [3.8, 4) is 5.75 Å². The maximum absolute atomic E-state index is 6.11. The van der Waals surface area contributed by atoms with Crippen LogP contribution in [0.4, 0.5) is 17.2 Å². The smallest absolute Gasteiger partial charge is 0.152 e. The van der Waals surface area contributed by atoms with Gasteiger partial charge in [0.05, 0.1) is 17.5 Å². The Balaban J connectivity index is 2.22. The van der Waals surface area contributed by atoms with Crippen molar-refractivity contribution in [1.29, 1.82) is 0 Å². The van der Waals surface area contributed by atoms with Gasteiger partial charge in [0.15, 0.2) is 5.82 Å². The summed E-state index contributed by atoms with van der Waals surface area (Å²) in [5, 5.41) is 7.81. The molecule has 0 radical (unpaired) electrons. The summed E-state index contributed by atoms with van der Waals surface area (Å²) in [6.07, 6.45) is 0.171. The molecule has 0 aliphatic rings. The normalized spacial score (nSPS) is 11.2. The van der Waals surface area contributed by atoms with E-state index in [0.29, 0.717) is 5.69 Å². The number of aromatic nitrogens is 2. The molecule has 5 heteroatoms. The Bertz CT molecular complexity index is 599. The minimum absolute atomic E-state index is 0.171. The van der Waals surface area contributed by atoms with Crippen molar-refractivity contribution in [1.82, 2.24) is 9.78 Å². The molecule has 0 spiro atoms. The Kier molecular flexibility index (Phi) is 4.40. The standard InChI is InChI=1S/C16H24N4O/c1-10(2)20-16(15(17)12(5)19-20)18-13-6-8-14(9-7-13)21-11(3)4/h6-11,18H,17H2,1-5H3. The van der Waals surface area contributed by atoms with Crippen LogP contribution in [-0.2, 0) is 0 Å². The van der Waals surface area contributed by atoms with Crippen molar-refractivity contribution in [2.75, 3.05) is 11.1 Å². The number of nitrogens with two attached hydrogens (primary N) is 1. The summed E-state index contributed by atoms with van der Waals surface area (Å²) in [7, 11) is 0. The molecule has 0 amide bonds. The Morgan fingerprint density at radius 1 is 1.14 bits per heavy atom. The molecule has 0 atom stereocenters. The second-order valence-corrected chi connectivity index (χ2v) is 5.70. The second-order valence-electron chi connectivity index (χ2n) is 5.70. The van der Waals surface area contributed by atoms with E-state index in [1.165, 1.54) is 0 Å². The molecule has 1 aromatic heterocycles. The van der Waals surface area contributed by atoms with Gasteiger partial charge < -0.3 is 15.8 Å². The highest BCUT2D eigenvalue weighted by Crippen LogP contribution is 2.29. The number of nitrogens with one attached hydrogen (secondary N) is 1. The first-order valence-electron chi connectivity index (χ1n) is 7.26. The van der Waals surface area contributed by atoms with E-state index < -0.39 is 0 Å². The highest BCUT2D eigenvalue weighted by molar-refractivity contribution is 5.71. The molecule has 0 aliphatic carbocycles. The van der Waals surface area contributed by atoms with Crippen molar-refractivity contribution in [3.63, 3.8) is 0 Å². The summed E-state index contributed by atoms with van der Waals surface area (Å²) in [5.41, 5.74) is 8.60. The lowest BCUT2D eigenvalue weighted by Crippen LogP contribution is -2.08. The first kappa shape index (κ1) is 15.2. The molecule has 0 aliphatic heterocycles. The first-order valence-corrected chi connectivity index (χ1v) is 7.26. The molecule has 3 N–H and O–H groups in total. The summed E-state index contributed by atoms with van der Waals surface area (Å²) >= 11 is 0. The third kappa shape index (κ3) is 3.48. The zero-order valence-corrected chi connectivity index (χ0v) is 13.3. The van der Waals surface area contributed by atoms with Crippen molar-refractivity contribution >= 4 is 17.2 Å². The van der Waals surface area contributed by atoms with Crippen molar-refractivity contribution < 1.29 is 4.74 Å². The fraction of sp³-hybridized carbons (Fsp3) is 0.438. The summed E-state index contributed by atoms with van der Waals surface area (Å²) in [5.74, 6) is 1.69. The lowest BCUT2D eigenvalue weighted by molar-refractivity contribution is 0.242. The van der Waals surface area contributed by atoms with Gasteiger partial charge in [0.2, 0.25) is 0 Å². The summed E-state index contributed by atoms with van der Waals surface area (Å²) < 4.78 is 7.55. The third-order valence-corrected chi connectivity index (χ3v) is 3.11. The number of aryl methyl sites for hydroxylation is 1. The van der Waals surface area contributed by atoms with Crippen LogP contribution in [0.5, 0.6) is 5.75 Å². The van der Waals surface area contributed by atoms with Crippen LogP contribution in [0.25, 0.3) is 0 Å². The Morgan fingerprint density at radius 2 is 1.76 bits per heavy atom. The molecule has 2 aromatic rings. The second kappa shape index (κ2) is 6.08. The molecule has 114 valence electrons. The quantitative estimate of drug-likeness (QED) is 0.876. The molecular weight excluding hydrogens is 264 g/mol. The Hall–Kier alpha value is -2.17. The highest BCUT2D eigenvalue weighted by atomic mass is 16.5. The maximum Gasteiger partial charge on any atom is 0.152 e. The van der Waals surface area contributed by atoms with Crippen LogP contribution in [0.2, 0.25) is 0 Å². The number of nitrogen functional groups attached to an aromatic ring is 1. The summed E-state index contributed by atoms with van der Waals surface area (Å²) in [6, 6.07) is 8.09. The van der Waals surface area contributed by atoms with E-state index in [2.05, 4.69) is 24.3 Å². The molecule has 21 heavy (non-hydrogen) atoms. The average Bonchev–Trinajstić information content (AvgIpc) is 2.69. The van der Waals surface area contributed by atoms with E-state index >= 15 is 0 Å². The molecule has 0 fully saturated rings. The predicted octanol–water partition coefficient (Wildman–Crippen LogP) is 3.89. The van der Waals surface area contributed by atoms with Gasteiger partial charge in [-0.15, -0.1) is 0 Å². The van der Waals surface area contributed by atoms with E-state index in [1.807, 2.05) is 49.7 Å². The zero-order chi connectivity index (χ0) is 15.6. The molecule has 0 unspecified atom stereocenters. The Morgan fingerprint density at radius 3 is 2.29 bits per heavy atom. The Labute approximate surface area is 126 Å². The first-order chi connectivity index (χ1) is 9.88. The number of benzene rings is 1. The van der Waals surface area contributed by atoms with Gasteiger partial charge in [-0.3, -0.25) is 0 Å². The van der Waals surface area contributed by atoms with Crippen LogP contribution < -0.4 is 15.8 Å². The van der Waals surface area contributed by atoms with Crippen LogP contribution in [0, 0.1) is 6.92 Å². The largest absolute Gasteiger partial charge is 0.491 e. The van der Waals surface area contributed by atoms with E-state index in [9.17, 15) is 0 Å². The van der Waals surface area contributed by atoms with Crippen LogP contribution in [-0.4, -0.2) is 15.9 Å². The number of rotatable bonds is 5. The lowest BCUT2D eigenvalue weighted by Gasteiger charge is -2.14. The fourth-order valence-electron chi connectivity index (χ4n) is 2.08. The number of hydrogen-bond donors (Lipinski definition) is 2. The van der Waals surface area contributed by atoms with Gasteiger partial charge in [0.1, 0.15) is 5.75 Å². The van der Waals surface area contributed by atoms with Gasteiger partial charge in [-0.05, 0) is 58.9 Å². The minimum atomic E-state index is 0.171. The molecule has 1 aromatic carbocycles. The number of nitrogens with zero attached hydrogens (tertiary/aromatic N) is 2. The molecule has 0 bridgehead atoms. The van der Waals surface area contributed by atoms with Gasteiger partial charge in [0, 0.05) is 11.7 Å². The van der Waals surface area contributed by atoms with Crippen molar-refractivity contribution in [2.45, 2.75) is 46.8 Å². The third-order valence-electron chi connectivity index (χ3n) is 3.11. The van der Waals surface area contributed by atoms with Gasteiger partial charge in [-0.1, -0.05) is 0 Å². The molecule has 5 nitrogen and oxygen atoms in total. The van der Waals surface area contributed by atoms with E-state index in [4.69, 9.17) is 10.5 Å². The minimum Gasteiger partial charge on any atom is -0.491 e. The maximum atomic E-state index is 6.11. The average molecular weight is 288 g/mol. The van der Waals surface area contributed by atoms with Gasteiger partial charge >= 0.3 is 0 Å². The monoisotopic (exact) mass is 288 g/mol. The van der Waals surface area contributed by atoms with Crippen molar-refractivity contribution in [3.05, 3.63) is 30.0 Å². The highest BCUT2D eigenvalue weighted by Gasteiger charge is 2.14. The molecule has 1 heterocycles. The van der Waals surface area contributed by atoms with Gasteiger partial charge in [-0.2, -0.15) is 5.10 Å². The van der Waals surface area contributed by atoms with Gasteiger partial charge in [0.25, 0.3) is 0 Å². The number of ether oxygens (including phenoxy) is 1. The van der Waals surface area contributed by atoms with Crippen LogP contribution >= 0.6 is 0 Å². The lowest BCUT2D eigenvalue weighted by atomic mass is 10.3. The van der Waals surface area contributed by atoms with E-state index in [-0.39, 0.29) is 12.1 Å². The zero-order valence-electron chi connectivity index (χ0n) is 13.3. The van der Waals surface area contributed by atoms with Crippen molar-refractivity contribution in [2.24, 2.45) is 0 Å². The van der Waals surface area contributed by atoms with Crippen LogP contribution in [0.3, 0.4) is 0 Å². The van der Waals surface area contributed by atoms with Crippen LogP contribution in [0.1, 0.15) is 39.4 Å². The number of anilines is 3. The summed E-state index contributed by atoms with van der Waals surface area (Å²) in [6.45, 7) is 10.1. The van der Waals surface area contributed by atoms with Gasteiger partial charge in [-0.25, -0.2) is 4.68 Å². The topological polar surface area (TPSA) is 65.1 Å².